The van der Waals surface area contributed by atoms with Crippen LogP contribution in [0.25, 0.3) is 0 Å². The molecule has 1 aromatic rings. The van der Waals surface area contributed by atoms with Gasteiger partial charge in [0.05, 0.1) is 32.9 Å². The van der Waals surface area contributed by atoms with Crippen molar-refractivity contribution in [2.24, 2.45) is 0 Å². The van der Waals surface area contributed by atoms with E-state index < -0.39 is 0 Å². The molecule has 1 fully saturated rings. The number of benzene rings is 1. The molecule has 0 radical (unpaired) electrons. The molecule has 1 N–H and O–H groups in total. The van der Waals surface area contributed by atoms with Gasteiger partial charge in [-0.2, -0.15) is 0 Å². The fraction of sp³-hybridized carbons (Fsp3) is 0.556. The molecule has 0 aromatic heterocycles. The van der Waals surface area contributed by atoms with Gasteiger partial charge in [0.15, 0.2) is 0 Å². The molecular weight excluding hydrogens is 322 g/mol. The summed E-state index contributed by atoms with van der Waals surface area (Å²) in [6, 6.07) is 7.16. The Morgan fingerprint density at radius 2 is 1.92 bits per heavy atom. The van der Waals surface area contributed by atoms with E-state index in [1.54, 1.807) is 30.9 Å². The van der Waals surface area contributed by atoms with E-state index in [1.807, 2.05) is 24.3 Å². The largest absolute Gasteiger partial charge is 0.497 e. The highest BCUT2D eigenvalue weighted by atomic mass is 16.5. The molecule has 0 bridgehead atoms. The van der Waals surface area contributed by atoms with Crippen LogP contribution in [0.4, 0.5) is 0 Å². The lowest BCUT2D eigenvalue weighted by molar-refractivity contribution is -0.137. The lowest BCUT2D eigenvalue weighted by Gasteiger charge is -2.30. The molecule has 2 amide bonds. The van der Waals surface area contributed by atoms with Crippen LogP contribution in [0.2, 0.25) is 0 Å². The first-order valence-corrected chi connectivity index (χ1v) is 8.47. The van der Waals surface area contributed by atoms with E-state index in [9.17, 15) is 9.59 Å². The zero-order valence-electron chi connectivity index (χ0n) is 15.2. The van der Waals surface area contributed by atoms with Gasteiger partial charge < -0.3 is 19.7 Å². The zero-order chi connectivity index (χ0) is 18.2. The number of hydrogen-bond donors (Lipinski definition) is 1. The second-order valence-corrected chi connectivity index (χ2v) is 6.15. The van der Waals surface area contributed by atoms with Crippen molar-refractivity contribution in [2.75, 3.05) is 47.0 Å². The highest BCUT2D eigenvalue weighted by Gasteiger charge is 2.23. The third-order valence-electron chi connectivity index (χ3n) is 4.41. The molecule has 7 heteroatoms. The molecule has 1 aliphatic heterocycles. The van der Waals surface area contributed by atoms with Crippen LogP contribution in [0.1, 0.15) is 12.5 Å². The van der Waals surface area contributed by atoms with Crippen LogP contribution < -0.4 is 10.1 Å². The van der Waals surface area contributed by atoms with Gasteiger partial charge in [-0.1, -0.05) is 12.1 Å². The van der Waals surface area contributed by atoms with Crippen LogP contribution in [0.5, 0.6) is 5.75 Å². The van der Waals surface area contributed by atoms with Crippen LogP contribution >= 0.6 is 0 Å². The topological polar surface area (TPSA) is 71.1 Å². The first kappa shape index (κ1) is 19.2. The SMILES string of the molecule is COc1ccc(CNC(=O)[C@H](C)N(C)CC(=O)N2CCOCC2)cc1. The molecule has 0 saturated carbocycles. The predicted octanol–water partition coefficient (Wildman–Crippen LogP) is 0.491. The molecule has 0 spiro atoms. The number of likely N-dealkylation sites (N-methyl/N-ethyl adjacent to an activating group) is 1. The van der Waals surface area contributed by atoms with E-state index in [-0.39, 0.29) is 24.4 Å². The normalized spacial score (nSPS) is 15.8. The van der Waals surface area contributed by atoms with Gasteiger partial charge in [0.1, 0.15) is 5.75 Å². The Kier molecular flexibility index (Phi) is 7.21. The van der Waals surface area contributed by atoms with Crippen LogP contribution in [-0.2, 0) is 20.9 Å². The van der Waals surface area contributed by atoms with Gasteiger partial charge in [0.25, 0.3) is 0 Å². The Morgan fingerprint density at radius 3 is 2.52 bits per heavy atom. The van der Waals surface area contributed by atoms with Crippen molar-refractivity contribution in [3.05, 3.63) is 29.8 Å². The van der Waals surface area contributed by atoms with Gasteiger partial charge in [-0.3, -0.25) is 14.5 Å². The fourth-order valence-electron chi connectivity index (χ4n) is 2.54. The maximum Gasteiger partial charge on any atom is 0.237 e. The first-order chi connectivity index (χ1) is 12.0. The van der Waals surface area contributed by atoms with E-state index in [0.29, 0.717) is 32.8 Å². The van der Waals surface area contributed by atoms with Crippen LogP contribution in [0.15, 0.2) is 24.3 Å². The van der Waals surface area contributed by atoms with Crippen molar-refractivity contribution in [3.8, 4) is 5.75 Å². The number of nitrogens with zero attached hydrogens (tertiary/aromatic N) is 2. The quantitative estimate of drug-likeness (QED) is 0.776. The Balaban J connectivity index is 1.78. The summed E-state index contributed by atoms with van der Waals surface area (Å²) in [5.74, 6) is 0.707. The highest BCUT2D eigenvalue weighted by molar-refractivity contribution is 5.83. The molecule has 0 unspecified atom stereocenters. The summed E-state index contributed by atoms with van der Waals surface area (Å²) < 4.78 is 10.4. The average Bonchev–Trinajstić information content (AvgIpc) is 2.66. The van der Waals surface area contributed by atoms with E-state index in [0.717, 1.165) is 11.3 Å². The Bertz CT molecular complexity index is 570. The molecule has 1 aliphatic rings. The number of ether oxygens (including phenoxy) is 2. The number of amides is 2. The van der Waals surface area contributed by atoms with Crippen LogP contribution in [0, 0.1) is 0 Å². The fourth-order valence-corrected chi connectivity index (χ4v) is 2.54. The van der Waals surface area contributed by atoms with Gasteiger partial charge in [0, 0.05) is 19.6 Å². The van der Waals surface area contributed by atoms with Crippen LogP contribution in [0.3, 0.4) is 0 Å². The summed E-state index contributed by atoms with van der Waals surface area (Å²) in [6.07, 6.45) is 0. The number of hydrogen-bond acceptors (Lipinski definition) is 5. The van der Waals surface area contributed by atoms with Crippen molar-refractivity contribution in [3.63, 3.8) is 0 Å². The van der Waals surface area contributed by atoms with Gasteiger partial charge in [-0.05, 0) is 31.7 Å². The number of nitrogens with one attached hydrogen (secondary N) is 1. The minimum atomic E-state index is -0.386. The number of morpholine rings is 1. The van der Waals surface area contributed by atoms with E-state index in [2.05, 4.69) is 5.32 Å². The smallest absolute Gasteiger partial charge is 0.237 e. The molecule has 7 nitrogen and oxygen atoms in total. The Labute approximate surface area is 148 Å². The maximum absolute atomic E-state index is 12.3. The van der Waals surface area contributed by atoms with Crippen molar-refractivity contribution in [1.29, 1.82) is 0 Å². The summed E-state index contributed by atoms with van der Waals surface area (Å²) in [4.78, 5) is 28.1. The lowest BCUT2D eigenvalue weighted by atomic mass is 10.2. The van der Waals surface area contributed by atoms with Gasteiger partial charge in [0.2, 0.25) is 11.8 Å². The number of methoxy groups -OCH3 is 1. The number of carbonyl (C=O) groups is 2. The van der Waals surface area contributed by atoms with Crippen LogP contribution in [-0.4, -0.2) is 74.7 Å². The summed E-state index contributed by atoms with van der Waals surface area (Å²) in [7, 11) is 3.41. The molecule has 1 atom stereocenters. The zero-order valence-corrected chi connectivity index (χ0v) is 15.2. The minimum absolute atomic E-state index is 0.0283. The number of carbonyl (C=O) groups excluding carboxylic acids is 2. The molecule has 2 rings (SSSR count). The molecule has 0 aliphatic carbocycles. The van der Waals surface area contributed by atoms with Gasteiger partial charge in [-0.25, -0.2) is 0 Å². The molecule has 1 saturated heterocycles. The van der Waals surface area contributed by atoms with E-state index in [4.69, 9.17) is 9.47 Å². The average molecular weight is 349 g/mol. The minimum Gasteiger partial charge on any atom is -0.497 e. The second kappa shape index (κ2) is 9.39. The molecule has 25 heavy (non-hydrogen) atoms. The van der Waals surface area contributed by atoms with Gasteiger partial charge >= 0.3 is 0 Å². The van der Waals surface area contributed by atoms with Gasteiger partial charge in [-0.15, -0.1) is 0 Å². The maximum atomic E-state index is 12.3. The van der Waals surface area contributed by atoms with E-state index >= 15 is 0 Å². The van der Waals surface area contributed by atoms with E-state index in [1.165, 1.54) is 0 Å². The summed E-state index contributed by atoms with van der Waals surface area (Å²) >= 11 is 0. The molecule has 1 heterocycles. The van der Waals surface area contributed by atoms with Crippen molar-refractivity contribution in [2.45, 2.75) is 19.5 Å². The lowest BCUT2D eigenvalue weighted by Crippen LogP contribution is -2.49. The summed E-state index contributed by atoms with van der Waals surface area (Å²) in [5.41, 5.74) is 0.994. The Hall–Kier alpha value is -2.12. The third-order valence-corrected chi connectivity index (χ3v) is 4.41. The monoisotopic (exact) mass is 349 g/mol. The molecule has 1 aromatic carbocycles. The molecule has 138 valence electrons. The first-order valence-electron chi connectivity index (χ1n) is 8.47. The second-order valence-electron chi connectivity index (χ2n) is 6.15. The van der Waals surface area contributed by atoms with Crippen molar-refractivity contribution in [1.82, 2.24) is 15.1 Å². The van der Waals surface area contributed by atoms with Crippen molar-refractivity contribution < 1.29 is 19.1 Å². The Morgan fingerprint density at radius 1 is 1.28 bits per heavy atom. The summed E-state index contributed by atoms with van der Waals surface area (Å²) in [5, 5.41) is 2.90. The van der Waals surface area contributed by atoms with Crippen molar-refractivity contribution >= 4 is 11.8 Å². The summed E-state index contributed by atoms with van der Waals surface area (Å²) in [6.45, 7) is 4.85. The predicted molar refractivity (Wildman–Crippen MR) is 94.3 cm³/mol. The third kappa shape index (κ3) is 5.72. The molecular formula is C18H27N3O4. The number of rotatable bonds is 7. The standard InChI is InChI=1S/C18H27N3O4/c1-14(20(2)13-17(22)21-8-10-25-11-9-21)18(23)19-12-15-4-6-16(24-3)7-5-15/h4-7,14H,8-13H2,1-3H3,(H,19,23)/t14-/m0/s1. The highest BCUT2D eigenvalue weighted by Crippen LogP contribution is 2.11.